The zero-order valence-electron chi connectivity index (χ0n) is 15.0. The van der Waals surface area contributed by atoms with Gasteiger partial charge < -0.3 is 14.4 Å². The molecule has 2 heterocycles. The first-order chi connectivity index (χ1) is 12.7. The minimum Gasteiger partial charge on any atom is -0.454 e. The number of ether oxygens (including phenoxy) is 2. The molecule has 0 aliphatic carbocycles. The maximum atomic E-state index is 12.9. The van der Waals surface area contributed by atoms with Crippen molar-refractivity contribution >= 4 is 23.4 Å². The molecule has 0 radical (unpaired) electrons. The lowest BCUT2D eigenvalue weighted by Crippen LogP contribution is -2.55. The Morgan fingerprint density at radius 3 is 2.81 bits per heavy atom. The summed E-state index contributed by atoms with van der Waals surface area (Å²) in [7, 11) is 0. The number of piperazine rings is 1. The monoisotopic (exact) mass is 370 g/mol. The normalized spacial score (nSPS) is 19.8. The molecular formula is C20H22N2O3S. The van der Waals surface area contributed by atoms with Crippen molar-refractivity contribution in [2.45, 2.75) is 24.4 Å². The number of hydrogen-bond acceptors (Lipinski definition) is 5. The number of fused-ring (bicyclic) bond motifs is 1. The van der Waals surface area contributed by atoms with Gasteiger partial charge in [-0.25, -0.2) is 0 Å². The fourth-order valence-electron chi connectivity index (χ4n) is 3.71. The van der Waals surface area contributed by atoms with Crippen LogP contribution < -0.4 is 14.4 Å². The molecule has 0 N–H and O–H groups in total. The topological polar surface area (TPSA) is 42.0 Å². The molecule has 6 heteroatoms. The summed E-state index contributed by atoms with van der Waals surface area (Å²) in [5.74, 6) is 1.73. The maximum absolute atomic E-state index is 12.9. The summed E-state index contributed by atoms with van der Waals surface area (Å²) in [4.78, 5) is 18.2. The minimum atomic E-state index is 0.110. The Bertz CT molecular complexity index is 826. The molecule has 1 fully saturated rings. The molecule has 4 rings (SSSR count). The molecule has 0 spiro atoms. The van der Waals surface area contributed by atoms with Gasteiger partial charge in [0.1, 0.15) is 0 Å². The van der Waals surface area contributed by atoms with Gasteiger partial charge in [0.15, 0.2) is 11.5 Å². The number of hydrogen-bond donors (Lipinski definition) is 0. The second-order valence-electron chi connectivity index (χ2n) is 6.61. The summed E-state index contributed by atoms with van der Waals surface area (Å²) in [6, 6.07) is 14.1. The molecule has 5 nitrogen and oxygen atoms in total. The van der Waals surface area contributed by atoms with Crippen LogP contribution in [0.25, 0.3) is 0 Å². The van der Waals surface area contributed by atoms with E-state index in [0.29, 0.717) is 13.1 Å². The Morgan fingerprint density at radius 1 is 1.15 bits per heavy atom. The predicted octanol–water partition coefficient (Wildman–Crippen LogP) is 3.37. The maximum Gasteiger partial charge on any atom is 0.241 e. The average Bonchev–Trinajstić information content (AvgIpc) is 3.11. The van der Waals surface area contributed by atoms with Crippen LogP contribution in [0.5, 0.6) is 11.5 Å². The van der Waals surface area contributed by atoms with Gasteiger partial charge in [0, 0.05) is 29.6 Å². The van der Waals surface area contributed by atoms with Gasteiger partial charge in [-0.3, -0.25) is 9.69 Å². The molecule has 0 bridgehead atoms. The van der Waals surface area contributed by atoms with E-state index in [1.54, 1.807) is 11.8 Å². The largest absolute Gasteiger partial charge is 0.454 e. The van der Waals surface area contributed by atoms with E-state index in [0.717, 1.165) is 34.2 Å². The van der Waals surface area contributed by atoms with Crippen LogP contribution in [-0.2, 0) is 11.3 Å². The zero-order valence-corrected chi connectivity index (χ0v) is 15.8. The van der Waals surface area contributed by atoms with Crippen molar-refractivity contribution in [3.8, 4) is 11.5 Å². The van der Waals surface area contributed by atoms with E-state index in [1.165, 1.54) is 0 Å². The van der Waals surface area contributed by atoms with Gasteiger partial charge in [0.2, 0.25) is 12.7 Å². The van der Waals surface area contributed by atoms with E-state index in [2.05, 4.69) is 17.9 Å². The van der Waals surface area contributed by atoms with E-state index in [1.807, 2.05) is 47.6 Å². The van der Waals surface area contributed by atoms with Crippen molar-refractivity contribution in [2.24, 2.45) is 0 Å². The number of benzene rings is 2. The third-order valence-electron chi connectivity index (χ3n) is 4.81. The number of para-hydroxylation sites is 2. The molecule has 0 saturated carbocycles. The molecule has 136 valence electrons. The Morgan fingerprint density at radius 2 is 2.00 bits per heavy atom. The van der Waals surface area contributed by atoms with Gasteiger partial charge in [-0.1, -0.05) is 24.3 Å². The number of nitrogens with zero attached hydrogens (tertiary/aromatic N) is 2. The van der Waals surface area contributed by atoms with Crippen LogP contribution in [0.15, 0.2) is 47.4 Å². The summed E-state index contributed by atoms with van der Waals surface area (Å²) in [5, 5.41) is 0. The molecular weight excluding hydrogens is 348 g/mol. The second-order valence-corrected chi connectivity index (χ2v) is 7.45. The summed E-state index contributed by atoms with van der Waals surface area (Å²) >= 11 is 1.67. The quantitative estimate of drug-likeness (QED) is 0.772. The van der Waals surface area contributed by atoms with Gasteiger partial charge in [-0.2, -0.15) is 0 Å². The number of thioether (sulfide) groups is 1. The molecule has 1 amide bonds. The van der Waals surface area contributed by atoms with Crippen molar-refractivity contribution in [3.05, 3.63) is 48.0 Å². The van der Waals surface area contributed by atoms with Gasteiger partial charge in [-0.05, 0) is 31.4 Å². The number of carbonyl (C=O) groups is 1. The zero-order chi connectivity index (χ0) is 18.1. The van der Waals surface area contributed by atoms with Gasteiger partial charge in [0.05, 0.1) is 12.2 Å². The summed E-state index contributed by atoms with van der Waals surface area (Å²) in [6.07, 6.45) is 2.04. The molecule has 26 heavy (non-hydrogen) atoms. The van der Waals surface area contributed by atoms with Crippen LogP contribution in [0, 0.1) is 0 Å². The second kappa shape index (κ2) is 7.21. The van der Waals surface area contributed by atoms with E-state index in [4.69, 9.17) is 9.47 Å². The summed E-state index contributed by atoms with van der Waals surface area (Å²) < 4.78 is 11.1. The van der Waals surface area contributed by atoms with Crippen LogP contribution in [0.1, 0.15) is 12.5 Å². The number of carbonyl (C=O) groups excluding carboxylic acids is 1. The average molecular weight is 370 g/mol. The van der Waals surface area contributed by atoms with Crippen LogP contribution in [-0.4, -0.2) is 43.0 Å². The Balaban J connectivity index is 1.52. The molecule has 1 unspecified atom stereocenters. The van der Waals surface area contributed by atoms with E-state index in [-0.39, 0.29) is 18.7 Å². The minimum absolute atomic E-state index is 0.110. The SMILES string of the molecule is CSc1ccccc1N1C(=O)CN(Cc2cccc3c2OCO3)CC1C. The Hall–Kier alpha value is -2.18. The van der Waals surface area contributed by atoms with Gasteiger partial charge >= 0.3 is 0 Å². The van der Waals surface area contributed by atoms with Crippen LogP contribution in [0.4, 0.5) is 5.69 Å². The molecule has 1 atom stereocenters. The van der Waals surface area contributed by atoms with Crippen LogP contribution in [0.2, 0.25) is 0 Å². The van der Waals surface area contributed by atoms with Crippen molar-refractivity contribution in [1.29, 1.82) is 0 Å². The summed E-state index contributed by atoms with van der Waals surface area (Å²) in [5.41, 5.74) is 2.08. The highest BCUT2D eigenvalue weighted by atomic mass is 32.2. The fraction of sp³-hybridized carbons (Fsp3) is 0.350. The Labute approximate surface area is 157 Å². The summed E-state index contributed by atoms with van der Waals surface area (Å²) in [6.45, 7) is 4.27. The van der Waals surface area contributed by atoms with Crippen molar-refractivity contribution in [1.82, 2.24) is 4.90 Å². The Kier molecular flexibility index (Phi) is 4.78. The molecule has 1 saturated heterocycles. The highest BCUT2D eigenvalue weighted by Crippen LogP contribution is 2.37. The van der Waals surface area contributed by atoms with Crippen molar-refractivity contribution in [3.63, 3.8) is 0 Å². The third kappa shape index (κ3) is 3.15. The van der Waals surface area contributed by atoms with Crippen LogP contribution >= 0.6 is 11.8 Å². The molecule has 2 aromatic carbocycles. The van der Waals surface area contributed by atoms with E-state index >= 15 is 0 Å². The number of anilines is 1. The lowest BCUT2D eigenvalue weighted by atomic mass is 10.1. The molecule has 2 aromatic rings. The standard InChI is InChI=1S/C20H22N2O3S/c1-14-10-21(11-15-6-5-8-17-20(15)25-13-24-17)12-19(23)22(14)16-7-3-4-9-18(16)26-2/h3-9,14H,10-13H2,1-2H3. The molecule has 2 aliphatic rings. The fourth-order valence-corrected chi connectivity index (χ4v) is 4.30. The molecule has 0 aromatic heterocycles. The first-order valence-electron chi connectivity index (χ1n) is 8.72. The lowest BCUT2D eigenvalue weighted by molar-refractivity contribution is -0.122. The van der Waals surface area contributed by atoms with Crippen LogP contribution in [0.3, 0.4) is 0 Å². The van der Waals surface area contributed by atoms with Gasteiger partial charge in [0.25, 0.3) is 0 Å². The lowest BCUT2D eigenvalue weighted by Gasteiger charge is -2.40. The van der Waals surface area contributed by atoms with Crippen molar-refractivity contribution < 1.29 is 14.3 Å². The highest BCUT2D eigenvalue weighted by molar-refractivity contribution is 7.98. The van der Waals surface area contributed by atoms with E-state index in [9.17, 15) is 4.79 Å². The van der Waals surface area contributed by atoms with Gasteiger partial charge in [-0.15, -0.1) is 11.8 Å². The third-order valence-corrected chi connectivity index (χ3v) is 5.59. The first kappa shape index (κ1) is 17.2. The first-order valence-corrected chi connectivity index (χ1v) is 9.95. The molecule has 2 aliphatic heterocycles. The van der Waals surface area contributed by atoms with Crippen molar-refractivity contribution in [2.75, 3.05) is 31.0 Å². The number of amides is 1. The highest BCUT2D eigenvalue weighted by Gasteiger charge is 2.32. The predicted molar refractivity (Wildman–Crippen MR) is 103 cm³/mol. The van der Waals surface area contributed by atoms with E-state index < -0.39 is 0 Å². The number of rotatable bonds is 4. The smallest absolute Gasteiger partial charge is 0.241 e.